The molecule has 0 atom stereocenters. The van der Waals surface area contributed by atoms with Crippen molar-refractivity contribution < 1.29 is 23.7 Å². The second-order valence-corrected chi connectivity index (χ2v) is 5.23. The maximum Gasteiger partial charge on any atom is 0.343 e. The van der Waals surface area contributed by atoms with E-state index < -0.39 is 28.3 Å². The monoisotopic (exact) mass is 388 g/mol. The molecular formula is C14H11Cl2FN4O4. The first-order valence-corrected chi connectivity index (χ1v) is 7.56. The molecule has 0 aliphatic rings. The highest BCUT2D eigenvalue weighted by molar-refractivity contribution is 6.34. The molecule has 11 heteroatoms. The number of esters is 1. The molecule has 0 saturated heterocycles. The molecule has 0 bridgehead atoms. The van der Waals surface area contributed by atoms with Gasteiger partial charge in [0, 0.05) is 6.21 Å². The zero-order valence-corrected chi connectivity index (χ0v) is 14.5. The number of aliphatic imine (C=N–C) groups is 1. The van der Waals surface area contributed by atoms with Crippen LogP contribution in [-0.4, -0.2) is 39.2 Å². The lowest BCUT2D eigenvalue weighted by Crippen LogP contribution is -2.12. The third-order valence-corrected chi connectivity index (χ3v) is 3.39. The first kappa shape index (κ1) is 18.8. The van der Waals surface area contributed by atoms with Crippen LogP contribution < -0.4 is 0 Å². The number of aliphatic hydroxyl groups excluding tert-OH is 1. The van der Waals surface area contributed by atoms with Crippen molar-refractivity contribution in [2.75, 3.05) is 6.61 Å². The van der Waals surface area contributed by atoms with Crippen LogP contribution in [0.1, 0.15) is 18.2 Å². The van der Waals surface area contributed by atoms with Gasteiger partial charge in [0.2, 0.25) is 5.82 Å². The molecule has 2 heterocycles. The summed E-state index contributed by atoms with van der Waals surface area (Å²) in [5, 5.41) is 16.6. The number of hydrogen-bond acceptors (Lipinski definition) is 8. The van der Waals surface area contributed by atoms with E-state index in [0.29, 0.717) is 5.69 Å². The van der Waals surface area contributed by atoms with Gasteiger partial charge in [-0.3, -0.25) is 0 Å². The Labute approximate surface area is 150 Å². The van der Waals surface area contributed by atoms with E-state index in [-0.39, 0.29) is 23.1 Å². The molecule has 0 fully saturated rings. The van der Waals surface area contributed by atoms with E-state index in [4.69, 9.17) is 27.9 Å². The highest BCUT2D eigenvalue weighted by atomic mass is 35.5. The van der Waals surface area contributed by atoms with Crippen molar-refractivity contribution in [3.05, 3.63) is 39.0 Å². The third-order valence-electron chi connectivity index (χ3n) is 2.84. The van der Waals surface area contributed by atoms with Gasteiger partial charge in [-0.15, -0.1) is 0 Å². The van der Waals surface area contributed by atoms with Crippen LogP contribution in [0.25, 0.3) is 5.76 Å². The topological polar surface area (TPSA) is 111 Å². The van der Waals surface area contributed by atoms with Crippen molar-refractivity contribution in [3.8, 4) is 0 Å². The standard InChI is InChI=1S/C14H11Cl2FN4O4/c1-3-24-14(23)8(5-18-13-6(2)20-25-21-13)10(22)7-4-9(17)12(16)19-11(7)15/h4-5,22H,3H2,1-2H3. The first-order valence-electron chi connectivity index (χ1n) is 6.80. The predicted molar refractivity (Wildman–Crippen MR) is 87.6 cm³/mol. The molecule has 0 aliphatic carbocycles. The molecular weight excluding hydrogens is 378 g/mol. The summed E-state index contributed by atoms with van der Waals surface area (Å²) in [6, 6.07) is 0.836. The zero-order chi connectivity index (χ0) is 18.6. The molecule has 2 aromatic heterocycles. The second kappa shape index (κ2) is 8.04. The maximum atomic E-state index is 13.6. The largest absolute Gasteiger partial charge is 0.506 e. The van der Waals surface area contributed by atoms with E-state index in [2.05, 4.69) is 24.9 Å². The minimum atomic E-state index is -0.927. The van der Waals surface area contributed by atoms with Crippen molar-refractivity contribution in [2.24, 2.45) is 4.99 Å². The molecule has 0 spiro atoms. The fourth-order valence-corrected chi connectivity index (χ4v) is 2.06. The number of nitrogens with zero attached hydrogens (tertiary/aromatic N) is 4. The lowest BCUT2D eigenvalue weighted by Gasteiger charge is -2.08. The van der Waals surface area contributed by atoms with Gasteiger partial charge < -0.3 is 9.84 Å². The highest BCUT2D eigenvalue weighted by Crippen LogP contribution is 2.27. The lowest BCUT2D eigenvalue weighted by molar-refractivity contribution is -0.137. The van der Waals surface area contributed by atoms with Gasteiger partial charge in [-0.05, 0) is 25.1 Å². The first-order chi connectivity index (χ1) is 11.8. The molecule has 8 nitrogen and oxygen atoms in total. The number of carbonyl (C=O) groups excluding carboxylic acids is 1. The number of carbonyl (C=O) groups is 1. The molecule has 0 unspecified atom stereocenters. The fourth-order valence-electron chi connectivity index (χ4n) is 1.65. The number of aliphatic hydroxyl groups is 1. The Morgan fingerprint density at radius 1 is 1.44 bits per heavy atom. The van der Waals surface area contributed by atoms with Crippen LogP contribution in [0.2, 0.25) is 10.3 Å². The molecule has 132 valence electrons. The maximum absolute atomic E-state index is 13.6. The summed E-state index contributed by atoms with van der Waals surface area (Å²) in [5.74, 6) is -2.45. The van der Waals surface area contributed by atoms with Crippen molar-refractivity contribution in [2.45, 2.75) is 13.8 Å². The van der Waals surface area contributed by atoms with Gasteiger partial charge in [0.15, 0.2) is 11.0 Å². The average Bonchev–Trinajstić information content (AvgIpc) is 2.96. The number of aryl methyl sites for hydroxylation is 1. The van der Waals surface area contributed by atoms with Crippen LogP contribution in [-0.2, 0) is 9.53 Å². The summed E-state index contributed by atoms with van der Waals surface area (Å²) in [5.41, 5.74) is -0.293. The minimum absolute atomic E-state index is 0.0367. The molecule has 1 N–H and O–H groups in total. The Morgan fingerprint density at radius 2 is 2.16 bits per heavy atom. The summed E-state index contributed by atoms with van der Waals surface area (Å²) < 4.78 is 23.0. The van der Waals surface area contributed by atoms with Gasteiger partial charge in [0.05, 0.1) is 12.2 Å². The lowest BCUT2D eigenvalue weighted by atomic mass is 10.1. The summed E-state index contributed by atoms with van der Waals surface area (Å²) in [4.78, 5) is 19.5. The normalized spacial score (nSPS) is 12.4. The number of pyridine rings is 1. The number of aromatic nitrogens is 3. The summed E-state index contributed by atoms with van der Waals surface area (Å²) in [7, 11) is 0. The van der Waals surface area contributed by atoms with Crippen molar-refractivity contribution in [1.29, 1.82) is 0 Å². The summed E-state index contributed by atoms with van der Waals surface area (Å²) in [6.45, 7) is 3.19. The van der Waals surface area contributed by atoms with E-state index in [9.17, 15) is 14.3 Å². The highest BCUT2D eigenvalue weighted by Gasteiger charge is 2.21. The van der Waals surface area contributed by atoms with Crippen LogP contribution in [0.4, 0.5) is 10.2 Å². The predicted octanol–water partition coefficient (Wildman–Crippen LogP) is 3.45. The van der Waals surface area contributed by atoms with Crippen molar-refractivity contribution >= 4 is 47.0 Å². The fraction of sp³-hybridized carbons (Fsp3) is 0.214. The average molecular weight is 389 g/mol. The van der Waals surface area contributed by atoms with E-state index in [1.807, 2.05) is 0 Å². The van der Waals surface area contributed by atoms with Crippen LogP contribution in [0.3, 0.4) is 0 Å². The summed E-state index contributed by atoms with van der Waals surface area (Å²) >= 11 is 11.4. The van der Waals surface area contributed by atoms with Crippen LogP contribution >= 0.6 is 23.2 Å². The van der Waals surface area contributed by atoms with E-state index in [1.54, 1.807) is 13.8 Å². The van der Waals surface area contributed by atoms with Gasteiger partial charge in [-0.1, -0.05) is 28.4 Å². The second-order valence-electron chi connectivity index (χ2n) is 4.51. The van der Waals surface area contributed by atoms with Gasteiger partial charge in [0.1, 0.15) is 22.2 Å². The zero-order valence-electron chi connectivity index (χ0n) is 13.0. The number of rotatable bonds is 5. The molecule has 0 radical (unpaired) electrons. The quantitative estimate of drug-likeness (QED) is 0.274. The Bertz CT molecular complexity index is 867. The SMILES string of the molecule is CCOC(=O)C(C=Nc1nonc1C)=C(O)c1cc(F)c(Cl)nc1Cl. The molecule has 2 aromatic rings. The van der Waals surface area contributed by atoms with Crippen LogP contribution in [0.15, 0.2) is 21.3 Å². The molecule has 0 amide bonds. The van der Waals surface area contributed by atoms with Crippen LogP contribution in [0, 0.1) is 12.7 Å². The third kappa shape index (κ3) is 4.31. The Morgan fingerprint density at radius 3 is 2.76 bits per heavy atom. The Hall–Kier alpha value is -2.52. The van der Waals surface area contributed by atoms with Gasteiger partial charge >= 0.3 is 5.97 Å². The molecule has 0 aromatic carbocycles. The Balaban J connectivity index is 2.55. The minimum Gasteiger partial charge on any atom is -0.506 e. The van der Waals surface area contributed by atoms with E-state index in [0.717, 1.165) is 12.3 Å². The van der Waals surface area contributed by atoms with Crippen molar-refractivity contribution in [1.82, 2.24) is 15.3 Å². The molecule has 2 rings (SSSR count). The van der Waals surface area contributed by atoms with Crippen molar-refractivity contribution in [3.63, 3.8) is 0 Å². The Kier molecular flexibility index (Phi) is 6.05. The summed E-state index contributed by atoms with van der Waals surface area (Å²) in [6.07, 6.45) is 0.975. The van der Waals surface area contributed by atoms with E-state index >= 15 is 0 Å². The van der Waals surface area contributed by atoms with Gasteiger partial charge in [0.25, 0.3) is 0 Å². The van der Waals surface area contributed by atoms with Crippen LogP contribution in [0.5, 0.6) is 0 Å². The van der Waals surface area contributed by atoms with Gasteiger partial charge in [-0.2, -0.15) is 0 Å². The van der Waals surface area contributed by atoms with E-state index in [1.165, 1.54) is 0 Å². The van der Waals surface area contributed by atoms with Gasteiger partial charge in [-0.25, -0.2) is 23.8 Å². The number of hydrogen-bond donors (Lipinski definition) is 1. The number of halogens is 3. The molecule has 25 heavy (non-hydrogen) atoms. The molecule has 0 saturated carbocycles. The number of ether oxygens (including phenoxy) is 1. The molecule has 0 aliphatic heterocycles. The smallest absolute Gasteiger partial charge is 0.343 e.